The van der Waals surface area contributed by atoms with Gasteiger partial charge in [0.05, 0.1) is 7.11 Å². The topological polar surface area (TPSA) is 24.5 Å². The third-order valence-corrected chi connectivity index (χ3v) is 8.16. The van der Waals surface area contributed by atoms with Gasteiger partial charge in [-0.1, -0.05) is 112 Å². The van der Waals surface area contributed by atoms with Crippen LogP contribution < -0.4 is 10.1 Å². The fraction of sp³-hybridized carbons (Fsp3) is 0.641. The summed E-state index contributed by atoms with van der Waals surface area (Å²) in [6.07, 6.45) is 6.70. The number of allylic oxidation sites excluding steroid dienone is 1. The highest BCUT2D eigenvalue weighted by molar-refractivity contribution is 5.49. The van der Waals surface area contributed by atoms with Gasteiger partial charge in [-0.15, -0.1) is 0 Å². The molecule has 3 nitrogen and oxygen atoms in total. The summed E-state index contributed by atoms with van der Waals surface area (Å²) >= 11 is 0. The van der Waals surface area contributed by atoms with Crippen LogP contribution in [0.5, 0.6) is 5.75 Å². The molecule has 0 heterocycles. The van der Waals surface area contributed by atoms with Crippen LogP contribution in [-0.2, 0) is 25.9 Å². The Morgan fingerprint density at radius 1 is 0.833 bits per heavy atom. The first-order valence-electron chi connectivity index (χ1n) is 16.9. The monoisotopic (exact) mass is 577 g/mol. The molecule has 0 atom stereocenters. The molecule has 42 heavy (non-hydrogen) atoms. The molecule has 0 unspecified atom stereocenters. The van der Waals surface area contributed by atoms with Gasteiger partial charge in [-0.25, -0.2) is 0 Å². The molecule has 0 amide bonds. The molecule has 2 aromatic rings. The molecule has 0 aliphatic carbocycles. The van der Waals surface area contributed by atoms with Gasteiger partial charge in [0.25, 0.3) is 0 Å². The van der Waals surface area contributed by atoms with Crippen molar-refractivity contribution in [3.63, 3.8) is 0 Å². The molecule has 2 aromatic carbocycles. The maximum absolute atomic E-state index is 5.98. The number of benzene rings is 2. The van der Waals surface area contributed by atoms with Crippen LogP contribution in [0.25, 0.3) is 0 Å². The third-order valence-electron chi connectivity index (χ3n) is 8.16. The number of hydrogen-bond acceptors (Lipinski definition) is 3. The Morgan fingerprint density at radius 3 is 1.95 bits per heavy atom. The van der Waals surface area contributed by atoms with Gasteiger partial charge in [-0.3, -0.25) is 4.90 Å². The number of nitrogens with one attached hydrogen (secondary N) is 1. The zero-order chi connectivity index (χ0) is 31.4. The predicted octanol–water partition coefficient (Wildman–Crippen LogP) is 10.0. The van der Waals surface area contributed by atoms with Crippen LogP contribution in [0.15, 0.2) is 35.9 Å². The van der Waals surface area contributed by atoms with Gasteiger partial charge in [0.1, 0.15) is 5.75 Å². The molecule has 0 radical (unpaired) electrons. The molecule has 0 aliphatic heterocycles. The Hall–Kier alpha value is -2.10. The highest BCUT2D eigenvalue weighted by atomic mass is 16.5. The number of rotatable bonds is 18. The first kappa shape index (κ1) is 36.1. The number of nitrogens with zero attached hydrogens (tertiary/aromatic N) is 1. The average molecular weight is 577 g/mol. The van der Waals surface area contributed by atoms with Crippen molar-refractivity contribution in [1.82, 2.24) is 10.2 Å². The second-order valence-corrected chi connectivity index (χ2v) is 13.8. The molecule has 236 valence electrons. The van der Waals surface area contributed by atoms with E-state index in [-0.39, 0.29) is 0 Å². The largest absolute Gasteiger partial charge is 0.496 e. The van der Waals surface area contributed by atoms with E-state index in [2.05, 4.69) is 117 Å². The molecule has 1 N–H and O–H groups in total. The van der Waals surface area contributed by atoms with Crippen molar-refractivity contribution >= 4 is 0 Å². The highest BCUT2D eigenvalue weighted by Crippen LogP contribution is 2.34. The lowest BCUT2D eigenvalue weighted by atomic mass is 9.87. The van der Waals surface area contributed by atoms with Crippen LogP contribution in [0.2, 0.25) is 0 Å². The number of ether oxygens (including phenoxy) is 1. The summed E-state index contributed by atoms with van der Waals surface area (Å²) < 4.78 is 5.98. The molecule has 0 saturated carbocycles. The summed E-state index contributed by atoms with van der Waals surface area (Å²) in [6.45, 7) is 30.4. The SMILES string of the molecule is CC/C=C(\CC)CN(Cc1cc(Cc2cc(CNCC(C)C)c(OC)c(C(C)C)c2)cc(C(C)C)c1CC)CC(C)C. The first-order chi connectivity index (χ1) is 19.9. The van der Waals surface area contributed by atoms with Crippen molar-refractivity contribution in [3.8, 4) is 5.75 Å². The average Bonchev–Trinajstić information content (AvgIpc) is 2.91. The van der Waals surface area contributed by atoms with E-state index in [1.54, 1.807) is 11.1 Å². The van der Waals surface area contributed by atoms with E-state index in [1.807, 2.05) is 7.11 Å². The van der Waals surface area contributed by atoms with Crippen LogP contribution in [0.3, 0.4) is 0 Å². The van der Waals surface area contributed by atoms with E-state index in [0.29, 0.717) is 23.7 Å². The van der Waals surface area contributed by atoms with Crippen LogP contribution in [-0.4, -0.2) is 31.6 Å². The predicted molar refractivity (Wildman–Crippen MR) is 185 cm³/mol. The van der Waals surface area contributed by atoms with E-state index in [9.17, 15) is 0 Å². The summed E-state index contributed by atoms with van der Waals surface area (Å²) in [4.78, 5) is 2.70. The Morgan fingerprint density at radius 2 is 1.45 bits per heavy atom. The Bertz CT molecular complexity index is 1130. The molecule has 2 rings (SSSR count). The minimum absolute atomic E-state index is 0.404. The fourth-order valence-electron chi connectivity index (χ4n) is 6.28. The summed E-state index contributed by atoms with van der Waals surface area (Å²) in [5.74, 6) is 3.21. The molecule has 0 saturated heterocycles. The van der Waals surface area contributed by atoms with E-state index in [4.69, 9.17) is 4.74 Å². The quantitative estimate of drug-likeness (QED) is 0.179. The normalized spacial score (nSPS) is 12.5. The lowest BCUT2D eigenvalue weighted by molar-refractivity contribution is 0.252. The van der Waals surface area contributed by atoms with Crippen LogP contribution in [0.4, 0.5) is 0 Å². The van der Waals surface area contributed by atoms with Crippen molar-refractivity contribution in [2.75, 3.05) is 26.7 Å². The zero-order valence-electron chi connectivity index (χ0n) is 29.4. The summed E-state index contributed by atoms with van der Waals surface area (Å²) in [5, 5.41) is 3.66. The van der Waals surface area contributed by atoms with Crippen molar-refractivity contribution in [1.29, 1.82) is 0 Å². The molecule has 0 aromatic heterocycles. The Labute approximate surface area is 260 Å². The standard InChI is InChI=1S/C39H64N2O/c1-13-16-31(14-2)25-41(24-28(6)7)26-35-19-33(20-37(29(8)9)36(35)15-3)17-32-18-34(23-40-22-27(4)5)39(42-12)38(21-32)30(10)11/h16,18-21,27-30,40H,13-15,17,22-26H2,1-12H3/b31-16+. The van der Waals surface area contributed by atoms with Gasteiger partial charge in [0, 0.05) is 31.7 Å². The second-order valence-electron chi connectivity index (χ2n) is 13.8. The van der Waals surface area contributed by atoms with Gasteiger partial charge in [0.2, 0.25) is 0 Å². The van der Waals surface area contributed by atoms with Crippen molar-refractivity contribution in [2.24, 2.45) is 11.8 Å². The molecular weight excluding hydrogens is 512 g/mol. The molecule has 3 heteroatoms. The van der Waals surface area contributed by atoms with Crippen LogP contribution in [0.1, 0.15) is 140 Å². The fourth-order valence-corrected chi connectivity index (χ4v) is 6.28. The van der Waals surface area contributed by atoms with Gasteiger partial charge >= 0.3 is 0 Å². The lowest BCUT2D eigenvalue weighted by Gasteiger charge is -2.28. The smallest absolute Gasteiger partial charge is 0.126 e. The van der Waals surface area contributed by atoms with Gasteiger partial charge in [0.15, 0.2) is 0 Å². The lowest BCUT2D eigenvalue weighted by Crippen LogP contribution is -2.30. The first-order valence-corrected chi connectivity index (χ1v) is 16.9. The number of methoxy groups -OCH3 is 1. The molecule has 0 aliphatic rings. The van der Waals surface area contributed by atoms with Crippen molar-refractivity contribution in [2.45, 2.75) is 127 Å². The maximum atomic E-state index is 5.98. The van der Waals surface area contributed by atoms with E-state index < -0.39 is 0 Å². The Kier molecular flexibility index (Phi) is 15.4. The third kappa shape index (κ3) is 10.9. The second kappa shape index (κ2) is 17.9. The van der Waals surface area contributed by atoms with E-state index in [1.165, 1.54) is 33.4 Å². The van der Waals surface area contributed by atoms with Gasteiger partial charge < -0.3 is 10.1 Å². The van der Waals surface area contributed by atoms with Crippen LogP contribution in [0, 0.1) is 11.8 Å². The molecule has 0 fully saturated rings. The van der Waals surface area contributed by atoms with E-state index in [0.717, 1.165) is 64.2 Å². The van der Waals surface area contributed by atoms with Gasteiger partial charge in [-0.05, 0) is 89.3 Å². The van der Waals surface area contributed by atoms with Crippen LogP contribution >= 0.6 is 0 Å². The molecular formula is C39H64N2O. The van der Waals surface area contributed by atoms with Crippen molar-refractivity contribution < 1.29 is 4.74 Å². The summed E-state index contributed by atoms with van der Waals surface area (Å²) in [7, 11) is 1.82. The minimum Gasteiger partial charge on any atom is -0.496 e. The van der Waals surface area contributed by atoms with Gasteiger partial charge in [-0.2, -0.15) is 0 Å². The van der Waals surface area contributed by atoms with E-state index >= 15 is 0 Å². The zero-order valence-corrected chi connectivity index (χ0v) is 29.4. The molecule has 0 bridgehead atoms. The Balaban J connectivity index is 2.58. The molecule has 0 spiro atoms. The highest BCUT2D eigenvalue weighted by Gasteiger charge is 2.19. The van der Waals surface area contributed by atoms with Crippen molar-refractivity contribution in [3.05, 3.63) is 74.9 Å². The summed E-state index contributed by atoms with van der Waals surface area (Å²) in [6, 6.07) is 9.81. The minimum atomic E-state index is 0.404. The summed E-state index contributed by atoms with van der Waals surface area (Å²) in [5.41, 5.74) is 11.5. The maximum Gasteiger partial charge on any atom is 0.126 e. The number of hydrogen-bond donors (Lipinski definition) is 1.